The third-order valence-corrected chi connectivity index (χ3v) is 5.93. The van der Waals surface area contributed by atoms with Gasteiger partial charge in [-0.15, -0.1) is 0 Å². The van der Waals surface area contributed by atoms with E-state index in [2.05, 4.69) is 24.7 Å². The number of aliphatic hydroxyl groups excluding tert-OH is 2. The van der Waals surface area contributed by atoms with Gasteiger partial charge >= 0.3 is 0 Å². The quantitative estimate of drug-likeness (QED) is 0.437. The van der Waals surface area contributed by atoms with Gasteiger partial charge in [-0.3, -0.25) is 4.98 Å². The molecule has 2 atom stereocenters. The van der Waals surface area contributed by atoms with Gasteiger partial charge in [0.25, 0.3) is 0 Å². The standard InChI is InChI=1S/C20H20N6O3S2/c1-13-15(5-4-8-21-13)29-16-9-14(30-17-6-2-3-7-22-17)10-23-19(16)25-20-26(12-24-31-20)18(28)11-27/h2-10,12,18,20,27-28H,11H2,1H3,(H,23,25). The summed E-state index contributed by atoms with van der Waals surface area (Å²) >= 11 is 2.67. The second-order valence-electron chi connectivity index (χ2n) is 6.41. The molecule has 9 nitrogen and oxygen atoms in total. The van der Waals surface area contributed by atoms with Crippen molar-refractivity contribution in [3.05, 3.63) is 60.7 Å². The number of ether oxygens (including phenoxy) is 1. The predicted molar refractivity (Wildman–Crippen MR) is 120 cm³/mol. The van der Waals surface area contributed by atoms with Gasteiger partial charge < -0.3 is 25.2 Å². The molecule has 4 heterocycles. The van der Waals surface area contributed by atoms with Gasteiger partial charge in [-0.1, -0.05) is 17.8 Å². The Labute approximate surface area is 187 Å². The predicted octanol–water partition coefficient (Wildman–Crippen LogP) is 3.12. The van der Waals surface area contributed by atoms with E-state index in [1.165, 1.54) is 34.9 Å². The second kappa shape index (κ2) is 9.96. The molecule has 4 rings (SSSR count). The average Bonchev–Trinajstić information content (AvgIpc) is 3.25. The van der Waals surface area contributed by atoms with E-state index in [-0.39, 0.29) is 0 Å². The van der Waals surface area contributed by atoms with Gasteiger partial charge in [-0.05, 0) is 31.2 Å². The molecule has 2 unspecified atom stereocenters. The van der Waals surface area contributed by atoms with Gasteiger partial charge in [-0.2, -0.15) is 0 Å². The molecule has 1 aliphatic heterocycles. The maximum absolute atomic E-state index is 10.0. The van der Waals surface area contributed by atoms with Crippen molar-refractivity contribution in [3.8, 4) is 11.5 Å². The molecule has 31 heavy (non-hydrogen) atoms. The average molecular weight is 457 g/mol. The van der Waals surface area contributed by atoms with Crippen molar-refractivity contribution < 1.29 is 14.9 Å². The van der Waals surface area contributed by atoms with Crippen LogP contribution in [0.4, 0.5) is 5.82 Å². The van der Waals surface area contributed by atoms with Crippen LogP contribution in [0.2, 0.25) is 0 Å². The number of nitrogens with zero attached hydrogens (tertiary/aromatic N) is 5. The highest BCUT2D eigenvalue weighted by Crippen LogP contribution is 2.36. The zero-order valence-corrected chi connectivity index (χ0v) is 18.1. The highest BCUT2D eigenvalue weighted by Gasteiger charge is 2.28. The van der Waals surface area contributed by atoms with E-state index < -0.39 is 18.3 Å². The smallest absolute Gasteiger partial charge is 0.173 e. The topological polar surface area (TPSA) is 116 Å². The van der Waals surface area contributed by atoms with Gasteiger partial charge in [0.2, 0.25) is 0 Å². The molecule has 0 spiro atoms. The Morgan fingerprint density at radius 3 is 2.84 bits per heavy atom. The lowest BCUT2D eigenvalue weighted by atomic mass is 10.3. The summed E-state index contributed by atoms with van der Waals surface area (Å²) < 4.78 is 10.3. The Hall–Kier alpha value is -2.86. The third-order valence-electron chi connectivity index (χ3n) is 4.25. The van der Waals surface area contributed by atoms with E-state index in [1.807, 2.05) is 37.3 Å². The molecule has 3 N–H and O–H groups in total. The van der Waals surface area contributed by atoms with E-state index in [4.69, 9.17) is 4.74 Å². The first kappa shape index (κ1) is 21.4. The minimum Gasteiger partial charge on any atom is -0.452 e. The molecule has 3 aromatic rings. The van der Waals surface area contributed by atoms with E-state index in [9.17, 15) is 10.2 Å². The van der Waals surface area contributed by atoms with Crippen molar-refractivity contribution in [3.63, 3.8) is 0 Å². The van der Waals surface area contributed by atoms with Crippen LogP contribution >= 0.6 is 23.7 Å². The first-order valence-electron chi connectivity index (χ1n) is 9.34. The van der Waals surface area contributed by atoms with Crippen LogP contribution in [0.3, 0.4) is 0 Å². The van der Waals surface area contributed by atoms with E-state index in [0.29, 0.717) is 17.3 Å². The van der Waals surface area contributed by atoms with Crippen molar-refractivity contribution in [2.75, 3.05) is 11.9 Å². The van der Waals surface area contributed by atoms with Gasteiger partial charge in [0.05, 0.1) is 12.3 Å². The molecule has 0 fully saturated rings. The number of pyridine rings is 3. The molecule has 3 aromatic heterocycles. The minimum atomic E-state index is -1.08. The molecule has 0 amide bonds. The van der Waals surface area contributed by atoms with Crippen LogP contribution in [0.1, 0.15) is 5.69 Å². The summed E-state index contributed by atoms with van der Waals surface area (Å²) in [5.74, 6) is 1.56. The SMILES string of the molecule is Cc1ncccc1Oc1cc(Sc2ccccn2)cnc1NC1SN=CN1C(O)CO. The highest BCUT2D eigenvalue weighted by atomic mass is 32.2. The third kappa shape index (κ3) is 5.25. The van der Waals surface area contributed by atoms with Crippen LogP contribution < -0.4 is 10.1 Å². The first-order chi connectivity index (χ1) is 15.1. The van der Waals surface area contributed by atoms with Crippen LogP contribution in [0.5, 0.6) is 11.5 Å². The van der Waals surface area contributed by atoms with Crippen molar-refractivity contribution >= 4 is 35.9 Å². The maximum Gasteiger partial charge on any atom is 0.173 e. The summed E-state index contributed by atoms with van der Waals surface area (Å²) in [6.07, 6.45) is 5.55. The molecule has 160 valence electrons. The van der Waals surface area contributed by atoms with Gasteiger partial charge in [0.1, 0.15) is 17.1 Å². The number of aryl methyl sites for hydroxylation is 1. The fourth-order valence-corrected chi connectivity index (χ4v) is 4.21. The first-order valence-corrected chi connectivity index (χ1v) is 11.0. The molecule has 0 saturated heterocycles. The maximum atomic E-state index is 10.0. The van der Waals surface area contributed by atoms with E-state index in [0.717, 1.165) is 15.6 Å². The molecule has 11 heteroatoms. The molecular formula is C20H20N6O3S2. The van der Waals surface area contributed by atoms with Gasteiger partial charge in [-0.25, -0.2) is 14.4 Å². The van der Waals surface area contributed by atoms with Gasteiger partial charge in [0, 0.05) is 41.5 Å². The summed E-state index contributed by atoms with van der Waals surface area (Å²) in [7, 11) is 0. The number of hydrogen-bond donors (Lipinski definition) is 3. The monoisotopic (exact) mass is 456 g/mol. The summed E-state index contributed by atoms with van der Waals surface area (Å²) in [6, 6.07) is 11.2. The Morgan fingerprint density at radius 2 is 2.06 bits per heavy atom. The molecular weight excluding hydrogens is 436 g/mol. The zero-order chi connectivity index (χ0) is 21.6. The van der Waals surface area contributed by atoms with Crippen molar-refractivity contribution in [2.45, 2.75) is 28.6 Å². The lowest BCUT2D eigenvalue weighted by molar-refractivity contribution is 0.00650. The molecule has 0 bridgehead atoms. The Morgan fingerprint density at radius 1 is 1.19 bits per heavy atom. The molecule has 1 aliphatic rings. The summed E-state index contributed by atoms with van der Waals surface area (Å²) in [6.45, 7) is 1.44. The molecule has 0 aromatic carbocycles. The highest BCUT2D eigenvalue weighted by molar-refractivity contribution is 7.99. The molecule has 0 saturated carbocycles. The van der Waals surface area contributed by atoms with Crippen molar-refractivity contribution in [2.24, 2.45) is 4.40 Å². The Kier molecular flexibility index (Phi) is 6.87. The second-order valence-corrected chi connectivity index (χ2v) is 8.37. The van der Waals surface area contributed by atoms with E-state index in [1.54, 1.807) is 24.7 Å². The zero-order valence-electron chi connectivity index (χ0n) is 16.5. The van der Waals surface area contributed by atoms with Crippen molar-refractivity contribution in [1.82, 2.24) is 19.9 Å². The Balaban J connectivity index is 1.62. The number of anilines is 1. The van der Waals surface area contributed by atoms with Crippen LogP contribution in [-0.4, -0.2) is 54.7 Å². The van der Waals surface area contributed by atoms with E-state index >= 15 is 0 Å². The number of rotatable bonds is 8. The summed E-state index contributed by atoms with van der Waals surface area (Å²) in [5.41, 5.74) is 0.286. The van der Waals surface area contributed by atoms with Crippen molar-refractivity contribution in [1.29, 1.82) is 0 Å². The number of hydrogen-bond acceptors (Lipinski definition) is 11. The number of aromatic nitrogens is 3. The Bertz CT molecular complexity index is 1060. The summed E-state index contributed by atoms with van der Waals surface area (Å²) in [5, 5.41) is 23.4. The fraction of sp³-hybridized carbons (Fsp3) is 0.200. The fourth-order valence-electron chi connectivity index (χ4n) is 2.69. The normalized spacial score (nSPS) is 16.4. The van der Waals surface area contributed by atoms with Crippen LogP contribution in [-0.2, 0) is 0 Å². The largest absolute Gasteiger partial charge is 0.452 e. The molecule has 0 aliphatic carbocycles. The van der Waals surface area contributed by atoms with Crippen LogP contribution in [0, 0.1) is 6.92 Å². The number of nitrogens with one attached hydrogen (secondary N) is 1. The lowest BCUT2D eigenvalue weighted by Crippen LogP contribution is -2.43. The molecule has 0 radical (unpaired) electrons. The van der Waals surface area contributed by atoms with Crippen LogP contribution in [0.15, 0.2) is 69.3 Å². The number of aliphatic hydroxyl groups is 2. The summed E-state index contributed by atoms with van der Waals surface area (Å²) in [4.78, 5) is 15.5. The lowest BCUT2D eigenvalue weighted by Gasteiger charge is -2.28. The van der Waals surface area contributed by atoms with Gasteiger partial charge in [0.15, 0.2) is 23.3 Å². The minimum absolute atomic E-state index is 0.421. The van der Waals surface area contributed by atoms with Crippen LogP contribution in [0.25, 0.3) is 0 Å².